The largest absolute Gasteiger partial charge is 0.493 e. The number of halogens is 1. The van der Waals surface area contributed by atoms with E-state index in [1.54, 1.807) is 13.2 Å². The SMILES string of the molecule is COc1cc(CNCCO)c(Cl)cc1OCc1ccccc1C. The second-order valence-electron chi connectivity index (χ2n) is 5.21. The van der Waals surface area contributed by atoms with E-state index in [1.807, 2.05) is 24.3 Å². The van der Waals surface area contributed by atoms with Crippen LogP contribution in [-0.4, -0.2) is 25.4 Å². The van der Waals surface area contributed by atoms with E-state index in [2.05, 4.69) is 18.3 Å². The van der Waals surface area contributed by atoms with Gasteiger partial charge in [-0.2, -0.15) is 0 Å². The van der Waals surface area contributed by atoms with Gasteiger partial charge in [-0.25, -0.2) is 0 Å². The van der Waals surface area contributed by atoms with Crippen LogP contribution in [0.3, 0.4) is 0 Å². The van der Waals surface area contributed by atoms with Crippen LogP contribution in [-0.2, 0) is 13.2 Å². The zero-order chi connectivity index (χ0) is 16.7. The molecule has 0 spiro atoms. The van der Waals surface area contributed by atoms with Gasteiger partial charge in [0, 0.05) is 24.2 Å². The lowest BCUT2D eigenvalue weighted by Gasteiger charge is -2.15. The fourth-order valence-electron chi connectivity index (χ4n) is 2.21. The number of rotatable bonds is 8. The van der Waals surface area contributed by atoms with Crippen molar-refractivity contribution in [3.05, 3.63) is 58.1 Å². The molecule has 4 nitrogen and oxygen atoms in total. The third-order valence-corrected chi connectivity index (χ3v) is 3.93. The quantitative estimate of drug-likeness (QED) is 0.727. The molecule has 0 atom stereocenters. The van der Waals surface area contributed by atoms with Crippen molar-refractivity contribution in [2.24, 2.45) is 0 Å². The summed E-state index contributed by atoms with van der Waals surface area (Å²) in [5.41, 5.74) is 3.21. The van der Waals surface area contributed by atoms with Gasteiger partial charge in [-0.3, -0.25) is 0 Å². The summed E-state index contributed by atoms with van der Waals surface area (Å²) in [6.45, 7) is 3.69. The van der Waals surface area contributed by atoms with Crippen LogP contribution in [0.2, 0.25) is 5.02 Å². The highest BCUT2D eigenvalue weighted by molar-refractivity contribution is 6.31. The Bertz CT molecular complexity index is 646. The van der Waals surface area contributed by atoms with E-state index in [0.717, 1.165) is 11.1 Å². The first kappa shape index (κ1) is 17.6. The first-order valence-electron chi connectivity index (χ1n) is 7.51. The topological polar surface area (TPSA) is 50.7 Å². The molecule has 0 radical (unpaired) electrons. The van der Waals surface area contributed by atoms with E-state index in [4.69, 9.17) is 26.2 Å². The number of benzene rings is 2. The predicted octanol–water partition coefficient (Wildman–Crippen LogP) is 3.32. The maximum atomic E-state index is 8.82. The third kappa shape index (κ3) is 4.86. The molecule has 0 amide bonds. The molecule has 2 rings (SSSR count). The van der Waals surface area contributed by atoms with Crippen LogP contribution in [0.1, 0.15) is 16.7 Å². The van der Waals surface area contributed by atoms with E-state index in [-0.39, 0.29) is 6.61 Å². The summed E-state index contributed by atoms with van der Waals surface area (Å²) in [5, 5.41) is 12.5. The molecule has 23 heavy (non-hydrogen) atoms. The first-order valence-corrected chi connectivity index (χ1v) is 7.88. The van der Waals surface area contributed by atoms with Gasteiger partial charge in [-0.1, -0.05) is 35.9 Å². The Labute approximate surface area is 142 Å². The van der Waals surface area contributed by atoms with E-state index < -0.39 is 0 Å². The van der Waals surface area contributed by atoms with Gasteiger partial charge in [0.05, 0.1) is 13.7 Å². The van der Waals surface area contributed by atoms with Crippen molar-refractivity contribution in [3.8, 4) is 11.5 Å². The van der Waals surface area contributed by atoms with Gasteiger partial charge in [-0.05, 0) is 29.7 Å². The smallest absolute Gasteiger partial charge is 0.163 e. The maximum absolute atomic E-state index is 8.82. The Morgan fingerprint density at radius 2 is 1.91 bits per heavy atom. The van der Waals surface area contributed by atoms with Crippen LogP contribution in [0.25, 0.3) is 0 Å². The minimum atomic E-state index is 0.0897. The number of aryl methyl sites for hydroxylation is 1. The maximum Gasteiger partial charge on any atom is 0.163 e. The zero-order valence-corrected chi connectivity index (χ0v) is 14.2. The molecule has 0 unspecified atom stereocenters. The molecule has 2 aromatic carbocycles. The minimum Gasteiger partial charge on any atom is -0.493 e. The molecule has 124 valence electrons. The van der Waals surface area contributed by atoms with Crippen molar-refractivity contribution in [1.29, 1.82) is 0 Å². The summed E-state index contributed by atoms with van der Waals surface area (Å²) in [4.78, 5) is 0. The fraction of sp³-hybridized carbons (Fsp3) is 0.333. The molecule has 0 bridgehead atoms. The van der Waals surface area contributed by atoms with Crippen LogP contribution in [0.15, 0.2) is 36.4 Å². The fourth-order valence-corrected chi connectivity index (χ4v) is 2.44. The lowest BCUT2D eigenvalue weighted by atomic mass is 10.1. The van der Waals surface area contributed by atoms with Crippen LogP contribution in [0, 0.1) is 6.92 Å². The van der Waals surface area contributed by atoms with E-state index in [9.17, 15) is 0 Å². The number of methoxy groups -OCH3 is 1. The van der Waals surface area contributed by atoms with Gasteiger partial charge in [0.25, 0.3) is 0 Å². The van der Waals surface area contributed by atoms with E-state index in [1.165, 1.54) is 5.56 Å². The molecule has 0 fully saturated rings. The number of hydrogen-bond donors (Lipinski definition) is 2. The highest BCUT2D eigenvalue weighted by atomic mass is 35.5. The standard InChI is InChI=1S/C18H22ClNO3/c1-13-5-3-4-6-14(13)12-23-18-10-16(19)15(9-17(18)22-2)11-20-7-8-21/h3-6,9-10,20-21H,7-8,11-12H2,1-2H3. The first-order chi connectivity index (χ1) is 11.2. The zero-order valence-electron chi connectivity index (χ0n) is 13.4. The lowest BCUT2D eigenvalue weighted by Crippen LogP contribution is -2.17. The summed E-state index contributed by atoms with van der Waals surface area (Å²) in [5.74, 6) is 1.26. The summed E-state index contributed by atoms with van der Waals surface area (Å²) in [6, 6.07) is 11.7. The minimum absolute atomic E-state index is 0.0897. The average molecular weight is 336 g/mol. The van der Waals surface area contributed by atoms with Crippen LogP contribution in [0.4, 0.5) is 0 Å². The predicted molar refractivity (Wildman–Crippen MR) is 92.3 cm³/mol. The average Bonchev–Trinajstić information content (AvgIpc) is 2.56. The Balaban J connectivity index is 2.12. The number of ether oxygens (including phenoxy) is 2. The number of aliphatic hydroxyl groups is 1. The normalized spacial score (nSPS) is 10.6. The lowest BCUT2D eigenvalue weighted by molar-refractivity contribution is 0.283. The summed E-state index contributed by atoms with van der Waals surface area (Å²) < 4.78 is 11.3. The number of hydrogen-bond acceptors (Lipinski definition) is 4. The molecule has 5 heteroatoms. The van der Waals surface area contributed by atoms with Gasteiger partial charge < -0.3 is 19.9 Å². The molecule has 2 N–H and O–H groups in total. The molecule has 0 aliphatic carbocycles. The van der Waals surface area contributed by atoms with E-state index in [0.29, 0.717) is 36.2 Å². The third-order valence-electron chi connectivity index (χ3n) is 3.58. The molecule has 0 aliphatic heterocycles. The van der Waals surface area contributed by atoms with E-state index >= 15 is 0 Å². The molecule has 0 heterocycles. The molecular weight excluding hydrogens is 314 g/mol. The van der Waals surface area contributed by atoms with Crippen LogP contribution >= 0.6 is 11.6 Å². The Morgan fingerprint density at radius 3 is 2.61 bits per heavy atom. The van der Waals surface area contributed by atoms with Crippen LogP contribution in [0.5, 0.6) is 11.5 Å². The summed E-state index contributed by atoms with van der Waals surface area (Å²) in [7, 11) is 1.61. The van der Waals surface area contributed by atoms with Crippen molar-refractivity contribution in [1.82, 2.24) is 5.32 Å². The monoisotopic (exact) mass is 335 g/mol. The molecule has 0 aliphatic rings. The Hall–Kier alpha value is -1.75. The highest BCUT2D eigenvalue weighted by Crippen LogP contribution is 2.34. The highest BCUT2D eigenvalue weighted by Gasteiger charge is 2.11. The molecule has 0 saturated carbocycles. The van der Waals surface area contributed by atoms with Gasteiger partial charge in [0.15, 0.2) is 11.5 Å². The molecule has 2 aromatic rings. The Kier molecular flexibility index (Phi) is 6.71. The second-order valence-corrected chi connectivity index (χ2v) is 5.62. The van der Waals surface area contributed by atoms with Gasteiger partial charge in [0.2, 0.25) is 0 Å². The van der Waals surface area contributed by atoms with Gasteiger partial charge >= 0.3 is 0 Å². The van der Waals surface area contributed by atoms with Crippen molar-refractivity contribution >= 4 is 11.6 Å². The molecule has 0 aromatic heterocycles. The molecular formula is C18H22ClNO3. The van der Waals surface area contributed by atoms with Crippen molar-refractivity contribution < 1.29 is 14.6 Å². The second kappa shape index (κ2) is 8.77. The van der Waals surface area contributed by atoms with Crippen molar-refractivity contribution in [3.63, 3.8) is 0 Å². The molecule has 0 saturated heterocycles. The van der Waals surface area contributed by atoms with Crippen LogP contribution < -0.4 is 14.8 Å². The Morgan fingerprint density at radius 1 is 1.13 bits per heavy atom. The van der Waals surface area contributed by atoms with Crippen molar-refractivity contribution in [2.75, 3.05) is 20.3 Å². The van der Waals surface area contributed by atoms with Gasteiger partial charge in [0.1, 0.15) is 6.61 Å². The summed E-state index contributed by atoms with van der Waals surface area (Å²) in [6.07, 6.45) is 0. The number of nitrogens with one attached hydrogen (secondary N) is 1. The van der Waals surface area contributed by atoms with Crippen molar-refractivity contribution in [2.45, 2.75) is 20.1 Å². The van der Waals surface area contributed by atoms with Gasteiger partial charge in [-0.15, -0.1) is 0 Å². The summed E-state index contributed by atoms with van der Waals surface area (Å²) >= 11 is 6.31. The number of aliphatic hydroxyl groups excluding tert-OH is 1.